The lowest BCUT2D eigenvalue weighted by molar-refractivity contribution is -0.163. The zero-order valence-electron chi connectivity index (χ0n) is 22.4. The van der Waals surface area contributed by atoms with E-state index in [9.17, 15) is 19.5 Å². The Labute approximate surface area is 215 Å². The van der Waals surface area contributed by atoms with Gasteiger partial charge in [-0.3, -0.25) is 14.4 Å². The van der Waals surface area contributed by atoms with E-state index in [1.54, 1.807) is 15.9 Å². The second kappa shape index (κ2) is 11.5. The summed E-state index contributed by atoms with van der Waals surface area (Å²) >= 11 is 0. The lowest BCUT2D eigenvalue weighted by Crippen LogP contribution is -2.59. The van der Waals surface area contributed by atoms with Crippen LogP contribution in [0.5, 0.6) is 0 Å². The number of unbranched alkanes of at least 4 members (excludes halogenated alkanes) is 1. The van der Waals surface area contributed by atoms with Crippen molar-refractivity contribution >= 4 is 17.8 Å². The fraction of sp³-hybridized carbons (Fsp3) is 0.750. The van der Waals surface area contributed by atoms with E-state index in [0.29, 0.717) is 38.8 Å². The van der Waals surface area contributed by atoms with Gasteiger partial charge in [0.25, 0.3) is 0 Å². The van der Waals surface area contributed by atoms with Crippen molar-refractivity contribution in [2.24, 2.45) is 17.8 Å². The second-order valence-corrected chi connectivity index (χ2v) is 10.9. The second-order valence-electron chi connectivity index (χ2n) is 10.9. The molecule has 0 saturated carbocycles. The van der Waals surface area contributed by atoms with Gasteiger partial charge in [-0.1, -0.05) is 52.8 Å². The van der Waals surface area contributed by atoms with Crippen molar-refractivity contribution in [2.75, 3.05) is 26.3 Å². The predicted octanol–water partition coefficient (Wildman–Crippen LogP) is 3.09. The zero-order valence-corrected chi connectivity index (χ0v) is 22.4. The molecule has 3 fully saturated rings. The molecule has 3 aliphatic heterocycles. The number of amides is 2. The van der Waals surface area contributed by atoms with Crippen molar-refractivity contribution in [3.8, 4) is 0 Å². The van der Waals surface area contributed by atoms with Crippen molar-refractivity contribution in [3.63, 3.8) is 0 Å². The van der Waals surface area contributed by atoms with Crippen LogP contribution in [-0.4, -0.2) is 82.3 Å². The summed E-state index contributed by atoms with van der Waals surface area (Å²) in [6, 6.07) is -1.46. The molecular formula is C28H44N2O6. The van der Waals surface area contributed by atoms with Crippen molar-refractivity contribution in [3.05, 3.63) is 25.3 Å². The summed E-state index contributed by atoms with van der Waals surface area (Å²) in [6.45, 7) is 16.2. The van der Waals surface area contributed by atoms with Crippen molar-refractivity contribution in [2.45, 2.75) is 89.5 Å². The molecule has 0 radical (unpaired) electrons. The first-order valence-corrected chi connectivity index (χ1v) is 13.5. The van der Waals surface area contributed by atoms with Crippen LogP contribution < -0.4 is 0 Å². The Kier molecular flexibility index (Phi) is 9.04. The number of hydrogen-bond acceptors (Lipinski definition) is 6. The average Bonchev–Trinajstić information content (AvgIpc) is 3.46. The number of hydrogen-bond donors (Lipinski definition) is 1. The molecule has 8 heteroatoms. The van der Waals surface area contributed by atoms with Crippen LogP contribution in [0.15, 0.2) is 25.3 Å². The van der Waals surface area contributed by atoms with E-state index in [1.165, 1.54) is 6.08 Å². The van der Waals surface area contributed by atoms with E-state index in [1.807, 2.05) is 20.8 Å². The summed E-state index contributed by atoms with van der Waals surface area (Å²) in [6.07, 6.45) is 7.08. The van der Waals surface area contributed by atoms with Crippen molar-refractivity contribution < 1.29 is 29.0 Å². The minimum Gasteiger partial charge on any atom is -0.461 e. The number of ether oxygens (including phenoxy) is 2. The molecule has 2 unspecified atom stereocenters. The Morgan fingerprint density at radius 1 is 1.28 bits per heavy atom. The molecule has 1 spiro atoms. The van der Waals surface area contributed by atoms with Gasteiger partial charge in [0.1, 0.15) is 24.2 Å². The lowest BCUT2D eigenvalue weighted by Gasteiger charge is -2.40. The third-order valence-corrected chi connectivity index (χ3v) is 8.24. The van der Waals surface area contributed by atoms with Crippen LogP contribution in [-0.2, 0) is 23.9 Å². The number of fused-ring (bicyclic) bond motifs is 1. The highest BCUT2D eigenvalue weighted by Crippen LogP contribution is 2.65. The molecule has 202 valence electrons. The van der Waals surface area contributed by atoms with Crippen LogP contribution >= 0.6 is 0 Å². The molecule has 3 rings (SSSR count). The molecule has 2 amide bonds. The Balaban J connectivity index is 2.13. The van der Waals surface area contributed by atoms with Crippen LogP contribution in [0.2, 0.25) is 0 Å². The van der Waals surface area contributed by atoms with Gasteiger partial charge in [0.2, 0.25) is 11.8 Å². The first-order chi connectivity index (χ1) is 17.2. The maximum Gasteiger partial charge on any atom is 0.313 e. The van der Waals surface area contributed by atoms with Gasteiger partial charge < -0.3 is 24.4 Å². The van der Waals surface area contributed by atoms with Crippen LogP contribution in [0.25, 0.3) is 0 Å². The standard InChI is InChI=1S/C28H44N2O6/c1-7-11-15-29(14-8-2)25(33)23-28-13-12-27(10-4,36-28)22(26(34)35-16-9-3)21(28)24(32)30(23)20(18-31)17-19(5)6/h8-9,19-23,31H,2-3,7,10-18H2,1,4-6H3/t20-,21+,22-,23?,27+,28?/m1/s1. The number of likely N-dealkylation sites (tertiary alicyclic amines) is 1. The maximum absolute atomic E-state index is 14.3. The third-order valence-electron chi connectivity index (χ3n) is 8.24. The summed E-state index contributed by atoms with van der Waals surface area (Å²) in [5.41, 5.74) is -1.97. The van der Waals surface area contributed by atoms with Crippen molar-refractivity contribution in [1.29, 1.82) is 0 Å². The highest BCUT2D eigenvalue weighted by Gasteiger charge is 2.79. The molecule has 0 aromatic rings. The molecule has 6 atom stereocenters. The molecule has 1 N–H and O–H groups in total. The number of carbonyl (C=O) groups excluding carboxylic acids is 3. The minimum absolute atomic E-state index is 0.0475. The smallest absolute Gasteiger partial charge is 0.313 e. The maximum atomic E-state index is 14.3. The molecule has 0 aromatic carbocycles. The number of aliphatic hydroxyl groups is 1. The van der Waals surface area contributed by atoms with Crippen LogP contribution in [0, 0.1) is 17.8 Å². The molecule has 8 nitrogen and oxygen atoms in total. The van der Waals surface area contributed by atoms with Gasteiger partial charge in [-0.2, -0.15) is 0 Å². The van der Waals surface area contributed by atoms with Gasteiger partial charge in [0.05, 0.1) is 24.2 Å². The van der Waals surface area contributed by atoms with Gasteiger partial charge in [0.15, 0.2) is 0 Å². The number of esters is 1. The molecule has 36 heavy (non-hydrogen) atoms. The Morgan fingerprint density at radius 2 is 2.00 bits per heavy atom. The number of carbonyl (C=O) groups is 3. The summed E-state index contributed by atoms with van der Waals surface area (Å²) in [5.74, 6) is -2.41. The van der Waals surface area contributed by atoms with E-state index in [2.05, 4.69) is 20.1 Å². The fourth-order valence-corrected chi connectivity index (χ4v) is 6.71. The summed E-state index contributed by atoms with van der Waals surface area (Å²) < 4.78 is 12.2. The molecular weight excluding hydrogens is 460 g/mol. The van der Waals surface area contributed by atoms with E-state index in [4.69, 9.17) is 9.47 Å². The van der Waals surface area contributed by atoms with E-state index in [0.717, 1.165) is 12.8 Å². The van der Waals surface area contributed by atoms with Crippen molar-refractivity contribution in [1.82, 2.24) is 9.80 Å². The average molecular weight is 505 g/mol. The van der Waals surface area contributed by atoms with Gasteiger partial charge in [-0.25, -0.2) is 0 Å². The van der Waals surface area contributed by atoms with Gasteiger partial charge >= 0.3 is 5.97 Å². The molecule has 3 saturated heterocycles. The monoisotopic (exact) mass is 504 g/mol. The number of nitrogens with zero attached hydrogens (tertiary/aromatic N) is 2. The predicted molar refractivity (Wildman–Crippen MR) is 137 cm³/mol. The van der Waals surface area contributed by atoms with Gasteiger partial charge in [0, 0.05) is 13.1 Å². The molecule has 2 bridgehead atoms. The summed E-state index contributed by atoms with van der Waals surface area (Å²) in [4.78, 5) is 45.1. The lowest BCUT2D eigenvalue weighted by atomic mass is 9.65. The van der Waals surface area contributed by atoms with Crippen LogP contribution in [0.1, 0.15) is 66.2 Å². The normalized spacial score (nSPS) is 31.4. The quantitative estimate of drug-likeness (QED) is 0.289. The largest absolute Gasteiger partial charge is 0.461 e. The van der Waals surface area contributed by atoms with Gasteiger partial charge in [-0.15, -0.1) is 6.58 Å². The minimum atomic E-state index is -1.13. The highest BCUT2D eigenvalue weighted by molar-refractivity contribution is 5.98. The Hall–Kier alpha value is -2.19. The van der Waals surface area contributed by atoms with Gasteiger partial charge in [-0.05, 0) is 38.0 Å². The Morgan fingerprint density at radius 3 is 2.56 bits per heavy atom. The first-order valence-electron chi connectivity index (χ1n) is 13.5. The SMILES string of the molecule is C=CCOC(=O)[C@H]1[C@H]2C(=O)N([C@@H](CO)CC(C)C)C(C(=O)N(CC=C)CCCC)C23CC[C@]1(CC)O3. The van der Waals surface area contributed by atoms with E-state index in [-0.39, 0.29) is 30.9 Å². The third kappa shape index (κ3) is 4.62. The molecule has 0 aromatic heterocycles. The first kappa shape index (κ1) is 28.4. The number of rotatable bonds is 14. The zero-order chi connectivity index (χ0) is 26.7. The fourth-order valence-electron chi connectivity index (χ4n) is 6.71. The van der Waals surface area contributed by atoms with E-state index < -0.39 is 41.1 Å². The molecule has 0 aliphatic carbocycles. The summed E-state index contributed by atoms with van der Waals surface area (Å²) in [5, 5.41) is 10.4. The van der Waals surface area contributed by atoms with Crippen LogP contribution in [0.4, 0.5) is 0 Å². The summed E-state index contributed by atoms with van der Waals surface area (Å²) in [7, 11) is 0. The number of aliphatic hydroxyl groups excluding tert-OH is 1. The Bertz CT molecular complexity index is 859. The van der Waals surface area contributed by atoms with Crippen LogP contribution in [0.3, 0.4) is 0 Å². The molecule has 3 aliphatic rings. The molecule has 3 heterocycles. The highest BCUT2D eigenvalue weighted by atomic mass is 16.6. The van der Waals surface area contributed by atoms with E-state index >= 15 is 0 Å². The topological polar surface area (TPSA) is 96.4 Å².